The number of nitrogens with zero attached hydrogens (tertiary/aromatic N) is 4. The fraction of sp³-hybridized carbons (Fsp3) is 0.500. The van der Waals surface area contributed by atoms with Crippen LogP contribution in [0.15, 0.2) is 35.8 Å². The largest absolute Gasteiger partial charge is 0.349 e. The average molecular weight is 315 g/mol. The van der Waals surface area contributed by atoms with Gasteiger partial charge >= 0.3 is 0 Å². The van der Waals surface area contributed by atoms with Crippen molar-refractivity contribution in [3.05, 3.63) is 46.9 Å². The highest BCUT2D eigenvalue weighted by molar-refractivity contribution is 5.94. The van der Waals surface area contributed by atoms with E-state index in [1.165, 1.54) is 6.07 Å². The third-order valence-corrected chi connectivity index (χ3v) is 4.44. The van der Waals surface area contributed by atoms with Crippen LogP contribution in [0.1, 0.15) is 49.0 Å². The van der Waals surface area contributed by atoms with Crippen molar-refractivity contribution in [2.75, 3.05) is 0 Å². The summed E-state index contributed by atoms with van der Waals surface area (Å²) in [5.41, 5.74) is 0.285. The molecular formula is C16H21N5O2. The summed E-state index contributed by atoms with van der Waals surface area (Å²) in [5, 5.41) is 7.21. The number of pyridine rings is 1. The minimum atomic E-state index is -0.172. The zero-order chi connectivity index (χ0) is 16.2. The van der Waals surface area contributed by atoms with Crippen LogP contribution in [0.25, 0.3) is 0 Å². The first kappa shape index (κ1) is 15.5. The molecule has 1 fully saturated rings. The van der Waals surface area contributed by atoms with Gasteiger partial charge in [-0.2, -0.15) is 5.10 Å². The van der Waals surface area contributed by atoms with E-state index in [4.69, 9.17) is 0 Å². The van der Waals surface area contributed by atoms with Gasteiger partial charge in [-0.05, 0) is 38.7 Å². The van der Waals surface area contributed by atoms with Gasteiger partial charge < -0.3 is 9.88 Å². The van der Waals surface area contributed by atoms with E-state index in [0.717, 1.165) is 25.7 Å². The maximum atomic E-state index is 12.3. The highest BCUT2D eigenvalue weighted by Crippen LogP contribution is 2.27. The van der Waals surface area contributed by atoms with Crippen molar-refractivity contribution in [3.8, 4) is 0 Å². The minimum Gasteiger partial charge on any atom is -0.349 e. The molecular weight excluding hydrogens is 294 g/mol. The lowest BCUT2D eigenvalue weighted by Crippen LogP contribution is -2.38. The molecule has 0 unspecified atom stereocenters. The van der Waals surface area contributed by atoms with Gasteiger partial charge in [-0.15, -0.1) is 0 Å². The Morgan fingerprint density at radius 1 is 1.35 bits per heavy atom. The quantitative estimate of drug-likeness (QED) is 0.924. The Morgan fingerprint density at radius 2 is 2.13 bits per heavy atom. The van der Waals surface area contributed by atoms with Crippen LogP contribution >= 0.6 is 0 Å². The molecule has 0 aliphatic heterocycles. The van der Waals surface area contributed by atoms with Crippen LogP contribution in [0.4, 0.5) is 0 Å². The van der Waals surface area contributed by atoms with Gasteiger partial charge in [-0.1, -0.05) is 0 Å². The molecule has 7 nitrogen and oxygen atoms in total. The number of hydrogen-bond acceptors (Lipinski definition) is 4. The van der Waals surface area contributed by atoms with Gasteiger partial charge in [0.05, 0.1) is 6.04 Å². The van der Waals surface area contributed by atoms with E-state index in [2.05, 4.69) is 15.4 Å². The molecule has 1 N–H and O–H groups in total. The van der Waals surface area contributed by atoms with Crippen molar-refractivity contribution in [1.82, 2.24) is 24.6 Å². The Kier molecular flexibility index (Phi) is 4.55. The molecule has 1 saturated carbocycles. The van der Waals surface area contributed by atoms with E-state index in [0.29, 0.717) is 18.2 Å². The number of carbonyl (C=O) groups excluding carboxylic acids is 1. The monoisotopic (exact) mass is 315 g/mol. The van der Waals surface area contributed by atoms with Crippen LogP contribution in [-0.2, 0) is 6.54 Å². The van der Waals surface area contributed by atoms with Gasteiger partial charge in [0.2, 0.25) is 0 Å². The molecule has 3 rings (SSSR count). The Bertz CT molecular complexity index is 714. The van der Waals surface area contributed by atoms with Gasteiger partial charge in [0, 0.05) is 30.4 Å². The second kappa shape index (κ2) is 6.76. The van der Waals surface area contributed by atoms with Gasteiger partial charge in [0.25, 0.3) is 11.5 Å². The predicted octanol–water partition coefficient (Wildman–Crippen LogP) is 1.37. The molecule has 2 heterocycles. The van der Waals surface area contributed by atoms with Crippen LogP contribution in [0.3, 0.4) is 0 Å². The van der Waals surface area contributed by atoms with Crippen molar-refractivity contribution in [2.24, 2.45) is 0 Å². The lowest BCUT2D eigenvalue weighted by atomic mass is 9.91. The van der Waals surface area contributed by atoms with Gasteiger partial charge in [0.1, 0.15) is 12.7 Å². The minimum absolute atomic E-state index is 0.143. The van der Waals surface area contributed by atoms with Crippen LogP contribution < -0.4 is 10.9 Å². The molecule has 1 amide bonds. The maximum absolute atomic E-state index is 12.3. The third-order valence-electron chi connectivity index (χ3n) is 4.44. The molecule has 122 valence electrons. The summed E-state index contributed by atoms with van der Waals surface area (Å²) in [6.07, 6.45) is 8.69. The summed E-state index contributed by atoms with van der Waals surface area (Å²) >= 11 is 0. The van der Waals surface area contributed by atoms with Crippen LogP contribution in [-0.4, -0.2) is 31.3 Å². The molecule has 2 aromatic rings. The first-order valence-electron chi connectivity index (χ1n) is 8.03. The van der Waals surface area contributed by atoms with E-state index in [-0.39, 0.29) is 17.5 Å². The molecule has 7 heteroatoms. The third kappa shape index (κ3) is 3.49. The van der Waals surface area contributed by atoms with E-state index >= 15 is 0 Å². The Morgan fingerprint density at radius 3 is 2.74 bits per heavy atom. The van der Waals surface area contributed by atoms with Crippen molar-refractivity contribution in [2.45, 2.75) is 51.2 Å². The highest BCUT2D eigenvalue weighted by Gasteiger charge is 2.24. The standard InChI is InChI=1S/C16H21N5O2/c1-2-20-8-7-12(9-15(20)22)16(23)19-13-3-5-14(6-4-13)21-11-17-10-18-21/h7-11,13-14H,2-6H2,1H3,(H,19,23). The number of aromatic nitrogens is 4. The van der Waals surface area contributed by atoms with E-state index < -0.39 is 0 Å². The maximum Gasteiger partial charge on any atom is 0.251 e. The fourth-order valence-corrected chi connectivity index (χ4v) is 3.07. The zero-order valence-corrected chi connectivity index (χ0v) is 13.2. The molecule has 0 spiro atoms. The molecule has 23 heavy (non-hydrogen) atoms. The molecule has 0 bridgehead atoms. The van der Waals surface area contributed by atoms with Crippen molar-refractivity contribution in [1.29, 1.82) is 0 Å². The lowest BCUT2D eigenvalue weighted by molar-refractivity contribution is 0.0921. The molecule has 2 aromatic heterocycles. The topological polar surface area (TPSA) is 81.8 Å². The lowest BCUT2D eigenvalue weighted by Gasteiger charge is -2.29. The first-order chi connectivity index (χ1) is 11.2. The summed E-state index contributed by atoms with van der Waals surface area (Å²) in [6, 6.07) is 3.61. The number of hydrogen-bond donors (Lipinski definition) is 1. The Labute approximate surface area is 134 Å². The number of carbonyl (C=O) groups is 1. The summed E-state index contributed by atoms with van der Waals surface area (Å²) in [5.74, 6) is -0.172. The number of rotatable bonds is 4. The predicted molar refractivity (Wildman–Crippen MR) is 85.2 cm³/mol. The molecule has 0 aromatic carbocycles. The number of nitrogens with one attached hydrogen (secondary N) is 1. The molecule has 1 aliphatic rings. The highest BCUT2D eigenvalue weighted by atomic mass is 16.2. The van der Waals surface area contributed by atoms with Gasteiger partial charge in [-0.25, -0.2) is 9.67 Å². The van der Waals surface area contributed by atoms with E-state index in [1.807, 2.05) is 11.6 Å². The fourth-order valence-electron chi connectivity index (χ4n) is 3.07. The smallest absolute Gasteiger partial charge is 0.251 e. The first-order valence-corrected chi connectivity index (χ1v) is 8.03. The van der Waals surface area contributed by atoms with E-state index in [9.17, 15) is 9.59 Å². The van der Waals surface area contributed by atoms with Crippen molar-refractivity contribution >= 4 is 5.91 Å². The molecule has 0 saturated heterocycles. The van der Waals surface area contributed by atoms with Crippen molar-refractivity contribution in [3.63, 3.8) is 0 Å². The normalized spacial score (nSPS) is 21.1. The molecule has 0 atom stereocenters. The summed E-state index contributed by atoms with van der Waals surface area (Å²) in [4.78, 5) is 28.1. The average Bonchev–Trinajstić information content (AvgIpc) is 3.10. The summed E-state index contributed by atoms with van der Waals surface area (Å²) in [6.45, 7) is 2.50. The second-order valence-corrected chi connectivity index (χ2v) is 5.89. The van der Waals surface area contributed by atoms with E-state index in [1.54, 1.807) is 29.5 Å². The second-order valence-electron chi connectivity index (χ2n) is 5.89. The van der Waals surface area contributed by atoms with Crippen LogP contribution in [0, 0.1) is 0 Å². The SMILES string of the molecule is CCn1ccc(C(=O)NC2CCC(n3cncn3)CC2)cc1=O. The molecule has 0 radical (unpaired) electrons. The summed E-state index contributed by atoms with van der Waals surface area (Å²) in [7, 11) is 0. The molecule has 1 aliphatic carbocycles. The van der Waals surface area contributed by atoms with Crippen LogP contribution in [0.2, 0.25) is 0 Å². The summed E-state index contributed by atoms with van der Waals surface area (Å²) < 4.78 is 3.46. The van der Waals surface area contributed by atoms with Crippen LogP contribution in [0.5, 0.6) is 0 Å². The Balaban J connectivity index is 1.57. The zero-order valence-electron chi connectivity index (χ0n) is 13.2. The number of amides is 1. The number of aryl methyl sites for hydroxylation is 1. The Hall–Kier alpha value is -2.44. The van der Waals surface area contributed by atoms with Gasteiger partial charge in [0.15, 0.2) is 0 Å². The van der Waals surface area contributed by atoms with Gasteiger partial charge in [-0.3, -0.25) is 9.59 Å². The van der Waals surface area contributed by atoms with Crippen molar-refractivity contribution < 1.29 is 4.79 Å².